The van der Waals surface area contributed by atoms with Crippen LogP contribution < -0.4 is 0 Å². The normalized spacial score (nSPS) is 26.5. The molecule has 2 nitrogen and oxygen atoms in total. The fourth-order valence-electron chi connectivity index (χ4n) is 1.51. The van der Waals surface area contributed by atoms with E-state index < -0.39 is 0 Å². The Kier molecular flexibility index (Phi) is 2.92. The van der Waals surface area contributed by atoms with Crippen molar-refractivity contribution in [3.63, 3.8) is 0 Å². The third kappa shape index (κ3) is 2.52. The molecule has 11 heavy (non-hydrogen) atoms. The minimum atomic E-state index is -0.0202. The lowest BCUT2D eigenvalue weighted by Crippen LogP contribution is -2.08. The highest BCUT2D eigenvalue weighted by atomic mass is 16.5. The van der Waals surface area contributed by atoms with Gasteiger partial charge in [-0.05, 0) is 24.7 Å². The smallest absolute Gasteiger partial charge is 0.305 e. The zero-order valence-electron chi connectivity index (χ0n) is 7.30. The number of ether oxygens (including phenoxy) is 1. The Hall–Kier alpha value is -0.530. The zero-order valence-corrected chi connectivity index (χ0v) is 7.30. The van der Waals surface area contributed by atoms with Crippen LogP contribution in [0.4, 0.5) is 0 Å². The van der Waals surface area contributed by atoms with Gasteiger partial charge < -0.3 is 4.74 Å². The molecule has 1 atom stereocenters. The molecule has 0 bridgehead atoms. The second-order valence-corrected chi connectivity index (χ2v) is 3.55. The lowest BCUT2D eigenvalue weighted by Gasteiger charge is -2.15. The molecule has 0 saturated carbocycles. The quantitative estimate of drug-likeness (QED) is 0.543. The maximum absolute atomic E-state index is 10.8. The molecule has 1 heterocycles. The topological polar surface area (TPSA) is 26.3 Å². The van der Waals surface area contributed by atoms with Crippen LogP contribution in [0.25, 0.3) is 0 Å². The molecule has 64 valence electrons. The zero-order chi connectivity index (χ0) is 8.27. The van der Waals surface area contributed by atoms with Gasteiger partial charge in [0.25, 0.3) is 0 Å². The van der Waals surface area contributed by atoms with Gasteiger partial charge in [-0.1, -0.05) is 13.8 Å². The molecule has 0 aliphatic carbocycles. The molecule has 2 heteroatoms. The van der Waals surface area contributed by atoms with Crippen LogP contribution >= 0.6 is 0 Å². The fourth-order valence-corrected chi connectivity index (χ4v) is 1.51. The lowest BCUT2D eigenvalue weighted by molar-refractivity contribution is -0.142. The Morgan fingerprint density at radius 1 is 1.45 bits per heavy atom. The van der Waals surface area contributed by atoms with Crippen LogP contribution in [-0.4, -0.2) is 12.6 Å². The Morgan fingerprint density at radius 2 is 2.18 bits per heavy atom. The van der Waals surface area contributed by atoms with Gasteiger partial charge in [-0.15, -0.1) is 0 Å². The van der Waals surface area contributed by atoms with Gasteiger partial charge in [-0.3, -0.25) is 4.79 Å². The highest BCUT2D eigenvalue weighted by Crippen LogP contribution is 2.23. The monoisotopic (exact) mass is 156 g/mol. The van der Waals surface area contributed by atoms with E-state index in [1.807, 2.05) is 0 Å². The summed E-state index contributed by atoms with van der Waals surface area (Å²) in [5.41, 5.74) is 0. The average molecular weight is 156 g/mol. The standard InChI is InChI=1S/C9H16O2/c1-7(2)8-3-4-9(10)11-6-5-8/h7-8H,3-6H2,1-2H3/t8-/m0/s1. The summed E-state index contributed by atoms with van der Waals surface area (Å²) in [6, 6.07) is 0. The third-order valence-corrected chi connectivity index (χ3v) is 2.41. The van der Waals surface area contributed by atoms with Crippen LogP contribution in [0.15, 0.2) is 0 Å². The van der Waals surface area contributed by atoms with Gasteiger partial charge in [0.2, 0.25) is 0 Å². The van der Waals surface area contributed by atoms with E-state index >= 15 is 0 Å². The number of hydrogen-bond acceptors (Lipinski definition) is 2. The Morgan fingerprint density at radius 3 is 2.82 bits per heavy atom. The minimum Gasteiger partial charge on any atom is -0.466 e. The molecule has 0 unspecified atom stereocenters. The van der Waals surface area contributed by atoms with Crippen molar-refractivity contribution in [3.05, 3.63) is 0 Å². The summed E-state index contributed by atoms with van der Waals surface area (Å²) in [6.45, 7) is 5.04. The number of carbonyl (C=O) groups excluding carboxylic acids is 1. The molecule has 0 N–H and O–H groups in total. The van der Waals surface area contributed by atoms with Crippen LogP contribution in [0.2, 0.25) is 0 Å². The SMILES string of the molecule is CC(C)[C@@H]1CCOC(=O)CC1. The first-order valence-corrected chi connectivity index (χ1v) is 4.36. The molecular weight excluding hydrogens is 140 g/mol. The maximum atomic E-state index is 10.8. The predicted molar refractivity (Wildman–Crippen MR) is 43.1 cm³/mol. The number of hydrogen-bond donors (Lipinski definition) is 0. The minimum absolute atomic E-state index is 0.0202. The summed E-state index contributed by atoms with van der Waals surface area (Å²) in [5.74, 6) is 1.35. The molecule has 1 fully saturated rings. The molecule has 0 radical (unpaired) electrons. The molecule has 0 amide bonds. The molecule has 0 aromatic rings. The van der Waals surface area contributed by atoms with Gasteiger partial charge in [-0.2, -0.15) is 0 Å². The number of rotatable bonds is 1. The molecular formula is C9H16O2. The van der Waals surface area contributed by atoms with Crippen LogP contribution in [0, 0.1) is 11.8 Å². The van der Waals surface area contributed by atoms with Gasteiger partial charge in [-0.25, -0.2) is 0 Å². The second-order valence-electron chi connectivity index (χ2n) is 3.55. The van der Waals surface area contributed by atoms with Crippen molar-refractivity contribution in [2.75, 3.05) is 6.61 Å². The van der Waals surface area contributed by atoms with E-state index in [1.54, 1.807) is 0 Å². The van der Waals surface area contributed by atoms with E-state index in [2.05, 4.69) is 13.8 Å². The summed E-state index contributed by atoms with van der Waals surface area (Å²) >= 11 is 0. The van der Waals surface area contributed by atoms with E-state index in [9.17, 15) is 4.79 Å². The summed E-state index contributed by atoms with van der Waals surface area (Å²) in [5, 5.41) is 0. The molecule has 0 aromatic carbocycles. The fraction of sp³-hybridized carbons (Fsp3) is 0.889. The number of carbonyl (C=O) groups is 1. The van der Waals surface area contributed by atoms with Crippen LogP contribution in [0.3, 0.4) is 0 Å². The number of esters is 1. The van der Waals surface area contributed by atoms with Gasteiger partial charge in [0.05, 0.1) is 6.61 Å². The Labute approximate surface area is 67.9 Å². The largest absolute Gasteiger partial charge is 0.466 e. The Bertz CT molecular complexity index is 140. The highest BCUT2D eigenvalue weighted by Gasteiger charge is 2.19. The first-order chi connectivity index (χ1) is 5.20. The predicted octanol–water partition coefficient (Wildman–Crippen LogP) is 1.99. The van der Waals surface area contributed by atoms with Gasteiger partial charge in [0.15, 0.2) is 0 Å². The average Bonchev–Trinajstić information content (AvgIpc) is 2.13. The second kappa shape index (κ2) is 3.74. The van der Waals surface area contributed by atoms with Gasteiger partial charge in [0, 0.05) is 6.42 Å². The summed E-state index contributed by atoms with van der Waals surface area (Å²) in [4.78, 5) is 10.8. The summed E-state index contributed by atoms with van der Waals surface area (Å²) in [6.07, 6.45) is 2.67. The molecule has 1 saturated heterocycles. The van der Waals surface area contributed by atoms with Crippen LogP contribution in [0.1, 0.15) is 33.1 Å². The first-order valence-electron chi connectivity index (χ1n) is 4.36. The van der Waals surface area contributed by atoms with Crippen molar-refractivity contribution >= 4 is 5.97 Å². The van der Waals surface area contributed by atoms with E-state index in [-0.39, 0.29) is 5.97 Å². The molecule has 0 aromatic heterocycles. The van der Waals surface area contributed by atoms with E-state index in [1.165, 1.54) is 0 Å². The third-order valence-electron chi connectivity index (χ3n) is 2.41. The van der Waals surface area contributed by atoms with Crippen molar-refractivity contribution < 1.29 is 9.53 Å². The van der Waals surface area contributed by atoms with Crippen molar-refractivity contribution in [1.29, 1.82) is 0 Å². The van der Waals surface area contributed by atoms with Crippen molar-refractivity contribution in [2.24, 2.45) is 11.8 Å². The van der Waals surface area contributed by atoms with Crippen molar-refractivity contribution in [1.82, 2.24) is 0 Å². The Balaban J connectivity index is 2.40. The molecule has 0 spiro atoms. The number of cyclic esters (lactones) is 1. The maximum Gasteiger partial charge on any atom is 0.305 e. The first kappa shape index (κ1) is 8.57. The van der Waals surface area contributed by atoms with Crippen molar-refractivity contribution in [2.45, 2.75) is 33.1 Å². The van der Waals surface area contributed by atoms with E-state index in [0.717, 1.165) is 12.8 Å². The van der Waals surface area contributed by atoms with Crippen LogP contribution in [0.5, 0.6) is 0 Å². The van der Waals surface area contributed by atoms with Gasteiger partial charge >= 0.3 is 5.97 Å². The molecule has 1 aliphatic heterocycles. The highest BCUT2D eigenvalue weighted by molar-refractivity contribution is 5.69. The summed E-state index contributed by atoms with van der Waals surface area (Å²) in [7, 11) is 0. The van der Waals surface area contributed by atoms with Crippen LogP contribution in [-0.2, 0) is 9.53 Å². The lowest BCUT2D eigenvalue weighted by atomic mass is 9.89. The summed E-state index contributed by atoms with van der Waals surface area (Å²) < 4.78 is 4.94. The van der Waals surface area contributed by atoms with Crippen molar-refractivity contribution in [3.8, 4) is 0 Å². The van der Waals surface area contributed by atoms with E-state index in [0.29, 0.717) is 24.9 Å². The molecule has 1 rings (SSSR count). The van der Waals surface area contributed by atoms with Gasteiger partial charge in [0.1, 0.15) is 0 Å². The van der Waals surface area contributed by atoms with E-state index in [4.69, 9.17) is 4.74 Å². The molecule has 1 aliphatic rings.